The zero-order valence-electron chi connectivity index (χ0n) is 13.0. The van der Waals surface area contributed by atoms with Crippen LogP contribution in [0.25, 0.3) is 0 Å². The Morgan fingerprint density at radius 2 is 1.91 bits per heavy atom. The molecule has 0 bridgehead atoms. The highest BCUT2D eigenvalue weighted by atomic mass is 16.5. The lowest BCUT2D eigenvalue weighted by atomic mass is 10.0. The van der Waals surface area contributed by atoms with Crippen LogP contribution in [0.4, 0.5) is 5.69 Å². The van der Waals surface area contributed by atoms with Crippen molar-refractivity contribution in [3.8, 4) is 5.75 Å². The van der Waals surface area contributed by atoms with Gasteiger partial charge >= 0.3 is 5.97 Å². The summed E-state index contributed by atoms with van der Waals surface area (Å²) in [5.74, 6) is -0.414. The van der Waals surface area contributed by atoms with E-state index in [9.17, 15) is 9.90 Å². The molecule has 0 aliphatic carbocycles. The second-order valence-corrected chi connectivity index (χ2v) is 5.19. The molecule has 0 aromatic heterocycles. The number of hydrogen-bond acceptors (Lipinski definition) is 4. The fourth-order valence-electron chi connectivity index (χ4n) is 2.26. The lowest BCUT2D eigenvalue weighted by molar-refractivity contribution is -0.138. The predicted octanol–water partition coefficient (Wildman–Crippen LogP) is 2.53. The Labute approximate surface area is 134 Å². The highest BCUT2D eigenvalue weighted by molar-refractivity contribution is 5.95. The Bertz CT molecular complexity index is 726. The Morgan fingerprint density at radius 1 is 1.26 bits per heavy atom. The monoisotopic (exact) mass is 313 g/mol. The molecule has 0 saturated carbocycles. The number of ether oxygens (including phenoxy) is 1. The number of carbonyl (C=O) groups is 1. The highest BCUT2D eigenvalue weighted by Crippen LogP contribution is 2.25. The molecule has 1 unspecified atom stereocenters. The van der Waals surface area contributed by atoms with Gasteiger partial charge in [-0.25, -0.2) is 4.79 Å². The minimum Gasteiger partial charge on any atom is -0.497 e. The third kappa shape index (κ3) is 4.00. The van der Waals surface area contributed by atoms with Crippen LogP contribution >= 0.6 is 0 Å². The maximum absolute atomic E-state index is 11.6. The van der Waals surface area contributed by atoms with E-state index in [2.05, 4.69) is 5.32 Å². The van der Waals surface area contributed by atoms with E-state index in [-0.39, 0.29) is 5.84 Å². The minimum atomic E-state index is -0.992. The van der Waals surface area contributed by atoms with Gasteiger partial charge in [0.15, 0.2) is 6.04 Å². The van der Waals surface area contributed by atoms with Crippen LogP contribution < -0.4 is 15.8 Å². The van der Waals surface area contributed by atoms with Gasteiger partial charge in [-0.05, 0) is 54.4 Å². The molecule has 0 fully saturated rings. The molecule has 2 aromatic carbocycles. The third-order valence-electron chi connectivity index (χ3n) is 3.40. The van der Waals surface area contributed by atoms with Gasteiger partial charge in [-0.1, -0.05) is 6.07 Å². The van der Waals surface area contributed by atoms with E-state index in [1.165, 1.54) is 0 Å². The molecule has 6 heteroatoms. The van der Waals surface area contributed by atoms with Crippen LogP contribution in [-0.4, -0.2) is 24.0 Å². The number of nitrogens with two attached hydrogens (primary N) is 1. The van der Waals surface area contributed by atoms with Gasteiger partial charge in [0.1, 0.15) is 11.6 Å². The van der Waals surface area contributed by atoms with Gasteiger partial charge in [-0.15, -0.1) is 0 Å². The van der Waals surface area contributed by atoms with Gasteiger partial charge in [0.25, 0.3) is 0 Å². The van der Waals surface area contributed by atoms with Crippen molar-refractivity contribution in [3.05, 3.63) is 59.2 Å². The van der Waals surface area contributed by atoms with E-state index in [0.29, 0.717) is 22.6 Å². The van der Waals surface area contributed by atoms with Crippen molar-refractivity contribution in [2.75, 3.05) is 12.4 Å². The van der Waals surface area contributed by atoms with Crippen LogP contribution in [0.15, 0.2) is 42.5 Å². The first-order valence-electron chi connectivity index (χ1n) is 7.00. The number of rotatable bonds is 6. The summed E-state index contributed by atoms with van der Waals surface area (Å²) < 4.78 is 5.20. The molecule has 0 spiro atoms. The van der Waals surface area contributed by atoms with Gasteiger partial charge < -0.3 is 20.9 Å². The van der Waals surface area contributed by atoms with Crippen molar-refractivity contribution in [1.29, 1.82) is 5.41 Å². The number of carboxylic acid groups (broad SMARTS) is 1. The summed E-state index contributed by atoms with van der Waals surface area (Å²) in [6, 6.07) is 11.2. The van der Waals surface area contributed by atoms with Crippen molar-refractivity contribution in [2.45, 2.75) is 13.0 Å². The Balaban J connectivity index is 2.30. The summed E-state index contributed by atoms with van der Waals surface area (Å²) in [6.45, 7) is 1.88. The molecule has 0 saturated heterocycles. The van der Waals surface area contributed by atoms with Gasteiger partial charge in [0, 0.05) is 11.3 Å². The van der Waals surface area contributed by atoms with Crippen molar-refractivity contribution in [2.24, 2.45) is 5.73 Å². The molecule has 2 aromatic rings. The topological polar surface area (TPSA) is 108 Å². The first-order valence-corrected chi connectivity index (χ1v) is 7.00. The summed E-state index contributed by atoms with van der Waals surface area (Å²) in [5, 5.41) is 19.9. The number of aryl methyl sites for hydroxylation is 1. The Kier molecular flexibility index (Phi) is 4.85. The SMILES string of the molecule is COc1cc(C)cc(C(Nc2ccc(C(=N)N)cc2)C(=O)O)c1. The van der Waals surface area contributed by atoms with E-state index in [4.69, 9.17) is 15.9 Å². The molecule has 2 rings (SSSR count). The first kappa shape index (κ1) is 16.4. The Hall–Kier alpha value is -3.02. The molecular formula is C17H19N3O3. The van der Waals surface area contributed by atoms with Crippen LogP contribution in [-0.2, 0) is 4.79 Å². The molecular weight excluding hydrogens is 294 g/mol. The van der Waals surface area contributed by atoms with Crippen molar-refractivity contribution in [3.63, 3.8) is 0 Å². The minimum absolute atomic E-state index is 0.0326. The summed E-state index contributed by atoms with van der Waals surface area (Å²) in [4.78, 5) is 11.6. The smallest absolute Gasteiger partial charge is 0.330 e. The lowest BCUT2D eigenvalue weighted by Gasteiger charge is -2.18. The average molecular weight is 313 g/mol. The van der Waals surface area contributed by atoms with Crippen molar-refractivity contribution < 1.29 is 14.6 Å². The van der Waals surface area contributed by atoms with E-state index in [0.717, 1.165) is 5.56 Å². The van der Waals surface area contributed by atoms with E-state index in [1.807, 2.05) is 13.0 Å². The van der Waals surface area contributed by atoms with Gasteiger partial charge in [-0.3, -0.25) is 5.41 Å². The number of amidine groups is 1. The standard InChI is InChI=1S/C17H19N3O3/c1-10-7-12(9-14(8-10)23-2)15(17(21)22)20-13-5-3-11(4-6-13)16(18)19/h3-9,15,20H,1-2H3,(H3,18,19)(H,21,22). The number of aliphatic carboxylic acids is 1. The zero-order chi connectivity index (χ0) is 17.0. The van der Waals surface area contributed by atoms with Crippen LogP contribution in [0.1, 0.15) is 22.7 Å². The molecule has 0 amide bonds. The predicted molar refractivity (Wildman–Crippen MR) is 89.2 cm³/mol. The normalized spacial score (nSPS) is 11.6. The van der Waals surface area contributed by atoms with Gasteiger partial charge in [0.2, 0.25) is 0 Å². The largest absolute Gasteiger partial charge is 0.497 e. The van der Waals surface area contributed by atoms with Gasteiger partial charge in [0.05, 0.1) is 7.11 Å². The molecule has 23 heavy (non-hydrogen) atoms. The molecule has 1 atom stereocenters. The summed E-state index contributed by atoms with van der Waals surface area (Å²) in [7, 11) is 1.54. The molecule has 0 aliphatic heterocycles. The summed E-state index contributed by atoms with van der Waals surface area (Å²) >= 11 is 0. The zero-order valence-corrected chi connectivity index (χ0v) is 13.0. The van der Waals surface area contributed by atoms with Crippen LogP contribution in [0.2, 0.25) is 0 Å². The molecule has 0 radical (unpaired) electrons. The fraction of sp³-hybridized carbons (Fsp3) is 0.176. The molecule has 5 N–H and O–H groups in total. The maximum atomic E-state index is 11.6. The Morgan fingerprint density at radius 3 is 2.43 bits per heavy atom. The summed E-state index contributed by atoms with van der Waals surface area (Å²) in [6.07, 6.45) is 0. The van der Waals surface area contributed by atoms with Crippen molar-refractivity contribution >= 4 is 17.5 Å². The maximum Gasteiger partial charge on any atom is 0.330 e. The lowest BCUT2D eigenvalue weighted by Crippen LogP contribution is -2.21. The van der Waals surface area contributed by atoms with Crippen molar-refractivity contribution in [1.82, 2.24) is 0 Å². The summed E-state index contributed by atoms with van der Waals surface area (Å²) in [5.41, 5.74) is 8.14. The quantitative estimate of drug-likeness (QED) is 0.484. The van der Waals surface area contributed by atoms with Crippen LogP contribution in [0.3, 0.4) is 0 Å². The fourth-order valence-corrected chi connectivity index (χ4v) is 2.26. The van der Waals surface area contributed by atoms with Crippen LogP contribution in [0.5, 0.6) is 5.75 Å². The number of nitrogens with one attached hydrogen (secondary N) is 2. The highest BCUT2D eigenvalue weighted by Gasteiger charge is 2.20. The average Bonchev–Trinajstić information content (AvgIpc) is 2.52. The number of hydrogen-bond donors (Lipinski definition) is 4. The number of anilines is 1. The first-order chi connectivity index (χ1) is 10.9. The molecule has 120 valence electrons. The second kappa shape index (κ2) is 6.83. The third-order valence-corrected chi connectivity index (χ3v) is 3.40. The van der Waals surface area contributed by atoms with Crippen LogP contribution in [0, 0.1) is 12.3 Å². The number of carboxylic acids is 1. The van der Waals surface area contributed by atoms with E-state index >= 15 is 0 Å². The molecule has 0 aliphatic rings. The molecule has 0 heterocycles. The number of benzene rings is 2. The number of methoxy groups -OCH3 is 1. The number of nitrogen functional groups attached to an aromatic ring is 1. The molecule has 6 nitrogen and oxygen atoms in total. The van der Waals surface area contributed by atoms with E-state index < -0.39 is 12.0 Å². The van der Waals surface area contributed by atoms with Gasteiger partial charge in [-0.2, -0.15) is 0 Å². The second-order valence-electron chi connectivity index (χ2n) is 5.19. The van der Waals surface area contributed by atoms with E-state index in [1.54, 1.807) is 43.5 Å².